The lowest BCUT2D eigenvalue weighted by molar-refractivity contribution is 0.226. The molecule has 0 fully saturated rings. The van der Waals surface area contributed by atoms with Crippen LogP contribution in [0.5, 0.6) is 5.75 Å². The highest BCUT2D eigenvalue weighted by Crippen LogP contribution is 2.25. The molecule has 3 aromatic carbocycles. The minimum atomic E-state index is 0.656. The number of hydrogen-bond acceptors (Lipinski definition) is 3. The zero-order valence-corrected chi connectivity index (χ0v) is 15.1. The Morgan fingerprint density at radius 2 is 1.69 bits per heavy atom. The second-order valence-corrected chi connectivity index (χ2v) is 6.41. The molecule has 0 saturated carbocycles. The summed E-state index contributed by atoms with van der Waals surface area (Å²) in [6, 6.07) is 22.6. The first kappa shape index (κ1) is 18.0. The third-order valence-electron chi connectivity index (χ3n) is 4.50. The summed E-state index contributed by atoms with van der Waals surface area (Å²) in [6.07, 6.45) is 2.93. The molecule has 0 spiro atoms. The van der Waals surface area contributed by atoms with Gasteiger partial charge in [0.1, 0.15) is 12.4 Å². The summed E-state index contributed by atoms with van der Waals surface area (Å²) in [4.78, 5) is 2.36. The maximum atomic E-state index is 6.07. The summed E-state index contributed by atoms with van der Waals surface area (Å²) in [5.74, 6) is 0.945. The molecule has 0 aliphatic rings. The first-order valence-corrected chi connectivity index (χ1v) is 9.04. The topological polar surface area (TPSA) is 38.5 Å². The minimum Gasteiger partial charge on any atom is -0.492 e. The summed E-state index contributed by atoms with van der Waals surface area (Å²) >= 11 is 0. The van der Waals surface area contributed by atoms with Gasteiger partial charge >= 0.3 is 0 Å². The van der Waals surface area contributed by atoms with Gasteiger partial charge in [0.15, 0.2) is 0 Å². The predicted octanol–water partition coefficient (Wildman–Crippen LogP) is 4.53. The van der Waals surface area contributed by atoms with Crippen LogP contribution in [0, 0.1) is 0 Å². The number of rotatable bonds is 9. The standard InChI is InChI=1S/C23H26N2O/c1-2-15-25(16-14-19-10-12-21(24)13-11-19)17-18-26-23-9-5-7-20-6-3-4-8-22(20)23/h2-13H,1,14-18,24H2. The second-order valence-electron chi connectivity index (χ2n) is 6.41. The van der Waals surface area contributed by atoms with Gasteiger partial charge in [-0.25, -0.2) is 0 Å². The van der Waals surface area contributed by atoms with Crippen molar-refractivity contribution in [2.24, 2.45) is 0 Å². The van der Waals surface area contributed by atoms with E-state index in [1.807, 2.05) is 36.4 Å². The zero-order chi connectivity index (χ0) is 18.2. The third kappa shape index (κ3) is 4.87. The first-order valence-electron chi connectivity index (χ1n) is 9.04. The number of nitrogens with two attached hydrogens (primary N) is 1. The number of nitrogens with zero attached hydrogens (tertiary/aromatic N) is 1. The van der Waals surface area contributed by atoms with Crippen molar-refractivity contribution < 1.29 is 4.74 Å². The Morgan fingerprint density at radius 3 is 2.50 bits per heavy atom. The Balaban J connectivity index is 1.54. The van der Waals surface area contributed by atoms with Crippen LogP contribution in [0.4, 0.5) is 5.69 Å². The summed E-state index contributed by atoms with van der Waals surface area (Å²) in [5, 5.41) is 2.36. The number of ether oxygens (including phenoxy) is 1. The largest absolute Gasteiger partial charge is 0.492 e. The van der Waals surface area contributed by atoms with Gasteiger partial charge in [-0.2, -0.15) is 0 Å². The Bertz CT molecular complexity index is 837. The van der Waals surface area contributed by atoms with E-state index in [1.54, 1.807) is 0 Å². The van der Waals surface area contributed by atoms with E-state index >= 15 is 0 Å². The smallest absolute Gasteiger partial charge is 0.127 e. The fraction of sp³-hybridized carbons (Fsp3) is 0.217. The molecule has 134 valence electrons. The van der Waals surface area contributed by atoms with E-state index in [-0.39, 0.29) is 0 Å². The number of nitrogen functional groups attached to an aromatic ring is 1. The van der Waals surface area contributed by atoms with Gasteiger partial charge in [-0.1, -0.05) is 54.6 Å². The lowest BCUT2D eigenvalue weighted by Gasteiger charge is -2.21. The van der Waals surface area contributed by atoms with Gasteiger partial charge in [0.05, 0.1) is 0 Å². The Morgan fingerprint density at radius 1 is 0.923 bits per heavy atom. The van der Waals surface area contributed by atoms with Crippen LogP contribution in [-0.2, 0) is 6.42 Å². The quantitative estimate of drug-likeness (QED) is 0.457. The normalized spacial score (nSPS) is 11.0. The molecule has 0 atom stereocenters. The summed E-state index contributed by atoms with van der Waals surface area (Å²) in [7, 11) is 0. The van der Waals surface area contributed by atoms with Crippen molar-refractivity contribution in [2.75, 3.05) is 32.0 Å². The van der Waals surface area contributed by atoms with Crippen LogP contribution in [0.2, 0.25) is 0 Å². The molecule has 3 heteroatoms. The van der Waals surface area contributed by atoms with Crippen molar-refractivity contribution in [2.45, 2.75) is 6.42 Å². The number of benzene rings is 3. The van der Waals surface area contributed by atoms with Crippen molar-refractivity contribution >= 4 is 16.5 Å². The molecule has 0 aliphatic heterocycles. The lowest BCUT2D eigenvalue weighted by Crippen LogP contribution is -2.30. The van der Waals surface area contributed by atoms with Gasteiger partial charge in [-0.3, -0.25) is 4.90 Å². The molecule has 3 aromatic rings. The molecular weight excluding hydrogens is 320 g/mol. The van der Waals surface area contributed by atoms with Crippen molar-refractivity contribution in [3.63, 3.8) is 0 Å². The predicted molar refractivity (Wildman–Crippen MR) is 111 cm³/mol. The molecule has 0 bridgehead atoms. The van der Waals surface area contributed by atoms with Gasteiger partial charge in [0, 0.05) is 30.7 Å². The molecule has 0 aliphatic carbocycles. The molecule has 26 heavy (non-hydrogen) atoms. The summed E-state index contributed by atoms with van der Waals surface area (Å²) in [6.45, 7) is 7.22. The van der Waals surface area contributed by atoms with Crippen LogP contribution < -0.4 is 10.5 Å². The third-order valence-corrected chi connectivity index (χ3v) is 4.50. The van der Waals surface area contributed by atoms with E-state index in [0.717, 1.165) is 42.9 Å². The van der Waals surface area contributed by atoms with E-state index in [1.165, 1.54) is 10.9 Å². The number of hydrogen-bond donors (Lipinski definition) is 1. The molecule has 0 saturated heterocycles. The van der Waals surface area contributed by atoms with Gasteiger partial charge in [-0.15, -0.1) is 6.58 Å². The van der Waals surface area contributed by atoms with E-state index in [0.29, 0.717) is 6.61 Å². The maximum Gasteiger partial charge on any atom is 0.127 e. The lowest BCUT2D eigenvalue weighted by atomic mass is 10.1. The monoisotopic (exact) mass is 346 g/mol. The number of fused-ring (bicyclic) bond motifs is 1. The maximum absolute atomic E-state index is 6.07. The summed E-state index contributed by atoms with van der Waals surface area (Å²) in [5.41, 5.74) is 7.85. The first-order chi connectivity index (χ1) is 12.8. The Kier molecular flexibility index (Phi) is 6.29. The average Bonchev–Trinajstić information content (AvgIpc) is 2.67. The Labute approximate surface area is 155 Å². The van der Waals surface area contributed by atoms with Gasteiger partial charge in [0.2, 0.25) is 0 Å². The fourth-order valence-electron chi connectivity index (χ4n) is 3.05. The van der Waals surface area contributed by atoms with Crippen LogP contribution in [0.25, 0.3) is 10.8 Å². The van der Waals surface area contributed by atoms with Crippen molar-refractivity contribution in [1.82, 2.24) is 4.90 Å². The van der Waals surface area contributed by atoms with Crippen molar-refractivity contribution in [1.29, 1.82) is 0 Å². The SMILES string of the molecule is C=CCN(CCOc1cccc2ccccc12)CCc1ccc(N)cc1. The van der Waals surface area contributed by atoms with E-state index < -0.39 is 0 Å². The molecular formula is C23H26N2O. The average molecular weight is 346 g/mol. The molecule has 3 nitrogen and oxygen atoms in total. The fourth-order valence-corrected chi connectivity index (χ4v) is 3.05. The molecule has 3 rings (SSSR count). The van der Waals surface area contributed by atoms with Crippen LogP contribution in [0.3, 0.4) is 0 Å². The van der Waals surface area contributed by atoms with E-state index in [2.05, 4.69) is 47.9 Å². The molecule has 0 aromatic heterocycles. The zero-order valence-electron chi connectivity index (χ0n) is 15.1. The van der Waals surface area contributed by atoms with Crippen molar-refractivity contribution in [3.05, 3.63) is 84.9 Å². The minimum absolute atomic E-state index is 0.656. The molecule has 0 radical (unpaired) electrons. The molecule has 2 N–H and O–H groups in total. The molecule has 0 unspecified atom stereocenters. The van der Waals surface area contributed by atoms with Crippen LogP contribution in [0.15, 0.2) is 79.4 Å². The highest BCUT2D eigenvalue weighted by molar-refractivity contribution is 5.88. The van der Waals surface area contributed by atoms with Crippen LogP contribution >= 0.6 is 0 Å². The van der Waals surface area contributed by atoms with Gasteiger partial charge < -0.3 is 10.5 Å². The van der Waals surface area contributed by atoms with Crippen LogP contribution in [0.1, 0.15) is 5.56 Å². The van der Waals surface area contributed by atoms with E-state index in [4.69, 9.17) is 10.5 Å². The van der Waals surface area contributed by atoms with Gasteiger partial charge in [-0.05, 0) is 35.6 Å². The van der Waals surface area contributed by atoms with E-state index in [9.17, 15) is 0 Å². The highest BCUT2D eigenvalue weighted by Gasteiger charge is 2.06. The molecule has 0 heterocycles. The second kappa shape index (κ2) is 9.07. The summed E-state index contributed by atoms with van der Waals surface area (Å²) < 4.78 is 6.07. The van der Waals surface area contributed by atoms with Crippen molar-refractivity contribution in [3.8, 4) is 5.75 Å². The van der Waals surface area contributed by atoms with Gasteiger partial charge in [0.25, 0.3) is 0 Å². The Hall–Kier alpha value is -2.78. The highest BCUT2D eigenvalue weighted by atomic mass is 16.5. The van der Waals surface area contributed by atoms with Crippen LogP contribution in [-0.4, -0.2) is 31.1 Å². The molecule has 0 amide bonds. The number of anilines is 1.